The van der Waals surface area contributed by atoms with Gasteiger partial charge in [-0.2, -0.15) is 0 Å². The lowest BCUT2D eigenvalue weighted by Crippen LogP contribution is -2.36. The molecule has 0 aromatic heterocycles. The highest BCUT2D eigenvalue weighted by Crippen LogP contribution is 2.12. The molecule has 0 radical (unpaired) electrons. The lowest BCUT2D eigenvalue weighted by atomic mass is 10.0. The van der Waals surface area contributed by atoms with Gasteiger partial charge in [0.05, 0.1) is 12.6 Å². The fraction of sp³-hybridized carbons (Fsp3) is 0.400. The first-order valence-corrected chi connectivity index (χ1v) is 7.02. The molecular formula is C15H22N4O3. The summed E-state index contributed by atoms with van der Waals surface area (Å²) in [5.41, 5.74) is 11.5. The Morgan fingerprint density at radius 3 is 2.50 bits per heavy atom. The number of carbonyl (C=O) groups is 3. The number of nitrogens with one attached hydrogen (secondary N) is 2. The van der Waals surface area contributed by atoms with Crippen molar-refractivity contribution in [2.24, 2.45) is 17.4 Å². The molecule has 22 heavy (non-hydrogen) atoms. The predicted octanol–water partition coefficient (Wildman–Crippen LogP) is 0.214. The maximum atomic E-state index is 11.9. The Hall–Kier alpha value is -2.41. The average molecular weight is 306 g/mol. The van der Waals surface area contributed by atoms with Crippen molar-refractivity contribution in [1.29, 1.82) is 0 Å². The molecular weight excluding hydrogens is 284 g/mol. The van der Waals surface area contributed by atoms with Gasteiger partial charge < -0.3 is 22.1 Å². The third kappa shape index (κ3) is 5.92. The van der Waals surface area contributed by atoms with Crippen molar-refractivity contribution in [3.05, 3.63) is 29.8 Å². The summed E-state index contributed by atoms with van der Waals surface area (Å²) >= 11 is 0. The maximum absolute atomic E-state index is 11.9. The Kier molecular flexibility index (Phi) is 6.52. The van der Waals surface area contributed by atoms with Gasteiger partial charge in [0, 0.05) is 11.3 Å². The molecule has 0 unspecified atom stereocenters. The molecule has 6 N–H and O–H groups in total. The second-order valence-electron chi connectivity index (χ2n) is 5.46. The standard InChI is InChI=1S/C15H22N4O3/c1-9(2)6-12(16)15(22)19-11-5-3-4-10(7-11)14(21)18-8-13(17)20/h3-5,7,9,12H,6,8,16H2,1-2H3,(H2,17,20)(H,18,21)(H,19,22)/t12-/m0/s1. The lowest BCUT2D eigenvalue weighted by Gasteiger charge is -2.14. The number of benzene rings is 1. The Balaban J connectivity index is 2.69. The molecule has 0 spiro atoms. The van der Waals surface area contributed by atoms with Crippen LogP contribution in [0.2, 0.25) is 0 Å². The van der Waals surface area contributed by atoms with Crippen LogP contribution in [0.3, 0.4) is 0 Å². The highest BCUT2D eigenvalue weighted by molar-refractivity contribution is 5.99. The molecule has 0 heterocycles. The van der Waals surface area contributed by atoms with Gasteiger partial charge in [0.1, 0.15) is 0 Å². The van der Waals surface area contributed by atoms with Crippen molar-refractivity contribution in [3.8, 4) is 0 Å². The molecule has 0 saturated carbocycles. The number of hydrogen-bond acceptors (Lipinski definition) is 4. The quantitative estimate of drug-likeness (QED) is 0.574. The molecule has 0 saturated heterocycles. The fourth-order valence-corrected chi connectivity index (χ4v) is 1.86. The Morgan fingerprint density at radius 2 is 1.91 bits per heavy atom. The molecule has 1 rings (SSSR count). The molecule has 120 valence electrons. The van der Waals surface area contributed by atoms with E-state index in [0.717, 1.165) is 0 Å². The molecule has 1 aromatic rings. The van der Waals surface area contributed by atoms with E-state index >= 15 is 0 Å². The van der Waals surface area contributed by atoms with Crippen molar-refractivity contribution in [2.75, 3.05) is 11.9 Å². The second kappa shape index (κ2) is 8.14. The zero-order valence-electron chi connectivity index (χ0n) is 12.8. The van der Waals surface area contributed by atoms with Gasteiger partial charge >= 0.3 is 0 Å². The summed E-state index contributed by atoms with van der Waals surface area (Å²) in [6, 6.07) is 5.76. The molecule has 1 aromatic carbocycles. The summed E-state index contributed by atoms with van der Waals surface area (Å²) in [7, 11) is 0. The van der Waals surface area contributed by atoms with E-state index in [1.807, 2.05) is 13.8 Å². The van der Waals surface area contributed by atoms with Crippen LogP contribution in [0, 0.1) is 5.92 Å². The van der Waals surface area contributed by atoms with Crippen molar-refractivity contribution in [2.45, 2.75) is 26.3 Å². The zero-order valence-corrected chi connectivity index (χ0v) is 12.8. The van der Waals surface area contributed by atoms with Crippen LogP contribution in [-0.4, -0.2) is 30.3 Å². The first-order valence-electron chi connectivity index (χ1n) is 7.02. The van der Waals surface area contributed by atoms with Crippen LogP contribution < -0.4 is 22.1 Å². The van der Waals surface area contributed by atoms with Crippen LogP contribution in [0.1, 0.15) is 30.6 Å². The zero-order chi connectivity index (χ0) is 16.7. The molecule has 7 nitrogen and oxygen atoms in total. The fourth-order valence-electron chi connectivity index (χ4n) is 1.86. The van der Waals surface area contributed by atoms with Crippen LogP contribution in [0.15, 0.2) is 24.3 Å². The van der Waals surface area contributed by atoms with Crippen LogP contribution in [-0.2, 0) is 9.59 Å². The van der Waals surface area contributed by atoms with Gasteiger partial charge in [-0.25, -0.2) is 0 Å². The maximum Gasteiger partial charge on any atom is 0.251 e. The summed E-state index contributed by atoms with van der Waals surface area (Å²) in [6.07, 6.45) is 0.574. The van der Waals surface area contributed by atoms with Crippen LogP contribution in [0.4, 0.5) is 5.69 Å². The minimum atomic E-state index is -0.627. The Morgan fingerprint density at radius 1 is 1.23 bits per heavy atom. The van der Waals surface area contributed by atoms with E-state index in [9.17, 15) is 14.4 Å². The SMILES string of the molecule is CC(C)C[C@H](N)C(=O)Nc1cccc(C(=O)NCC(N)=O)c1. The number of nitrogens with two attached hydrogens (primary N) is 2. The number of amides is 3. The van der Waals surface area contributed by atoms with Gasteiger partial charge in [-0.05, 0) is 30.5 Å². The molecule has 0 aliphatic rings. The van der Waals surface area contributed by atoms with Gasteiger partial charge in [0.2, 0.25) is 11.8 Å². The van der Waals surface area contributed by atoms with E-state index in [1.54, 1.807) is 18.2 Å². The first-order chi connectivity index (χ1) is 10.3. The van der Waals surface area contributed by atoms with Crippen molar-refractivity contribution >= 4 is 23.4 Å². The van der Waals surface area contributed by atoms with Crippen LogP contribution >= 0.6 is 0 Å². The van der Waals surface area contributed by atoms with Gasteiger partial charge in [-0.1, -0.05) is 19.9 Å². The molecule has 3 amide bonds. The third-order valence-electron chi connectivity index (χ3n) is 2.88. The third-order valence-corrected chi connectivity index (χ3v) is 2.88. The first kappa shape index (κ1) is 17.6. The number of rotatable bonds is 7. The summed E-state index contributed by atoms with van der Waals surface area (Å²) in [4.78, 5) is 34.4. The molecule has 7 heteroatoms. The summed E-state index contributed by atoms with van der Waals surface area (Å²) < 4.78 is 0. The summed E-state index contributed by atoms with van der Waals surface area (Å²) in [5.74, 6) is -1.06. The van der Waals surface area contributed by atoms with Crippen molar-refractivity contribution in [3.63, 3.8) is 0 Å². The smallest absolute Gasteiger partial charge is 0.251 e. The molecule has 0 fully saturated rings. The van der Waals surface area contributed by atoms with E-state index in [4.69, 9.17) is 11.5 Å². The topological polar surface area (TPSA) is 127 Å². The van der Waals surface area contributed by atoms with Crippen LogP contribution in [0.25, 0.3) is 0 Å². The van der Waals surface area contributed by atoms with Crippen molar-refractivity contribution in [1.82, 2.24) is 5.32 Å². The minimum Gasteiger partial charge on any atom is -0.368 e. The highest BCUT2D eigenvalue weighted by atomic mass is 16.2. The number of hydrogen-bond donors (Lipinski definition) is 4. The largest absolute Gasteiger partial charge is 0.368 e. The molecule has 0 aliphatic heterocycles. The van der Waals surface area contributed by atoms with Crippen molar-refractivity contribution < 1.29 is 14.4 Å². The summed E-state index contributed by atoms with van der Waals surface area (Å²) in [6.45, 7) is 3.72. The predicted molar refractivity (Wildman–Crippen MR) is 84.0 cm³/mol. The van der Waals surface area contributed by atoms with E-state index in [0.29, 0.717) is 23.6 Å². The Bertz CT molecular complexity index is 557. The number of anilines is 1. The summed E-state index contributed by atoms with van der Waals surface area (Å²) in [5, 5.41) is 5.05. The average Bonchev–Trinajstić information content (AvgIpc) is 2.44. The second-order valence-corrected chi connectivity index (χ2v) is 5.46. The minimum absolute atomic E-state index is 0.241. The normalized spacial score (nSPS) is 11.8. The monoisotopic (exact) mass is 306 g/mol. The van der Waals surface area contributed by atoms with Gasteiger partial charge in [0.25, 0.3) is 5.91 Å². The van der Waals surface area contributed by atoms with Gasteiger partial charge in [-0.15, -0.1) is 0 Å². The molecule has 0 bridgehead atoms. The van der Waals surface area contributed by atoms with Crippen LogP contribution in [0.5, 0.6) is 0 Å². The Labute approximate surface area is 129 Å². The lowest BCUT2D eigenvalue weighted by molar-refractivity contribution is -0.118. The van der Waals surface area contributed by atoms with Gasteiger partial charge in [-0.3, -0.25) is 14.4 Å². The number of carbonyl (C=O) groups excluding carboxylic acids is 3. The van der Waals surface area contributed by atoms with E-state index in [1.165, 1.54) is 6.07 Å². The highest BCUT2D eigenvalue weighted by Gasteiger charge is 2.15. The molecule has 1 atom stereocenters. The number of primary amides is 1. The molecule has 0 aliphatic carbocycles. The van der Waals surface area contributed by atoms with E-state index < -0.39 is 17.9 Å². The van der Waals surface area contributed by atoms with Gasteiger partial charge in [0.15, 0.2) is 0 Å². The van der Waals surface area contributed by atoms with E-state index in [2.05, 4.69) is 10.6 Å². The van der Waals surface area contributed by atoms with E-state index in [-0.39, 0.29) is 12.5 Å².